The van der Waals surface area contributed by atoms with E-state index >= 15 is 0 Å². The summed E-state index contributed by atoms with van der Waals surface area (Å²) in [4.78, 5) is 0. The van der Waals surface area contributed by atoms with Crippen molar-refractivity contribution in [1.82, 2.24) is 0 Å². The first-order valence-electron chi connectivity index (χ1n) is 4.46. The molecule has 12 heavy (non-hydrogen) atoms. The molecule has 68 valence electrons. The third kappa shape index (κ3) is 1.61. The largest absolute Gasteiger partial charge is 0.389 e. The number of aliphatic hydroxyl groups is 1. The molecule has 0 saturated heterocycles. The summed E-state index contributed by atoms with van der Waals surface area (Å²) in [5, 5.41) is 9.65. The lowest BCUT2D eigenvalue weighted by atomic mass is 9.71. The van der Waals surface area contributed by atoms with E-state index in [1.165, 1.54) is 5.57 Å². The van der Waals surface area contributed by atoms with E-state index < -0.39 is 0 Å². The van der Waals surface area contributed by atoms with Crippen molar-refractivity contribution in [2.75, 3.05) is 0 Å². The summed E-state index contributed by atoms with van der Waals surface area (Å²) in [5.74, 6) is 0. The molecule has 0 radical (unpaired) electrons. The van der Waals surface area contributed by atoms with E-state index in [0.717, 1.165) is 18.4 Å². The Kier molecular flexibility index (Phi) is 2.43. The molecule has 1 aliphatic rings. The second-order valence-electron chi connectivity index (χ2n) is 4.21. The van der Waals surface area contributed by atoms with Crippen LogP contribution >= 0.6 is 0 Å². The van der Waals surface area contributed by atoms with Crippen LogP contribution in [-0.4, -0.2) is 11.2 Å². The van der Waals surface area contributed by atoms with Gasteiger partial charge in [-0.3, -0.25) is 0 Å². The average molecular weight is 166 g/mol. The predicted molar refractivity (Wildman–Crippen MR) is 51.9 cm³/mol. The van der Waals surface area contributed by atoms with Gasteiger partial charge in [0.05, 0.1) is 6.10 Å². The maximum atomic E-state index is 9.65. The van der Waals surface area contributed by atoms with Gasteiger partial charge >= 0.3 is 0 Å². The molecule has 0 aromatic rings. The van der Waals surface area contributed by atoms with Gasteiger partial charge < -0.3 is 5.11 Å². The summed E-state index contributed by atoms with van der Waals surface area (Å²) in [7, 11) is 0. The van der Waals surface area contributed by atoms with Crippen molar-refractivity contribution in [3.05, 3.63) is 23.8 Å². The van der Waals surface area contributed by atoms with Crippen molar-refractivity contribution in [1.29, 1.82) is 0 Å². The van der Waals surface area contributed by atoms with Crippen LogP contribution in [0.3, 0.4) is 0 Å². The lowest BCUT2D eigenvalue weighted by molar-refractivity contribution is 0.140. The fourth-order valence-corrected chi connectivity index (χ4v) is 1.54. The average Bonchev–Trinajstić information content (AvgIpc) is 1.97. The van der Waals surface area contributed by atoms with Gasteiger partial charge in [-0.1, -0.05) is 25.2 Å². The van der Waals surface area contributed by atoms with Gasteiger partial charge in [-0.25, -0.2) is 0 Å². The summed E-state index contributed by atoms with van der Waals surface area (Å²) >= 11 is 0. The molecule has 1 nitrogen and oxygen atoms in total. The first-order chi connectivity index (χ1) is 5.46. The third-order valence-electron chi connectivity index (χ3n) is 3.07. The van der Waals surface area contributed by atoms with Gasteiger partial charge in [0.25, 0.3) is 0 Å². The van der Waals surface area contributed by atoms with Crippen molar-refractivity contribution < 1.29 is 5.11 Å². The third-order valence-corrected chi connectivity index (χ3v) is 3.07. The molecular weight excluding hydrogens is 148 g/mol. The Bertz CT molecular complexity index is 227. The second kappa shape index (κ2) is 3.06. The summed E-state index contributed by atoms with van der Waals surface area (Å²) in [6.07, 6.45) is 3.71. The van der Waals surface area contributed by atoms with Crippen LogP contribution in [0.4, 0.5) is 0 Å². The number of hydrogen-bond donors (Lipinski definition) is 1. The van der Waals surface area contributed by atoms with Gasteiger partial charge in [-0.05, 0) is 37.7 Å². The van der Waals surface area contributed by atoms with Crippen LogP contribution in [0.15, 0.2) is 23.8 Å². The molecule has 0 heterocycles. The zero-order chi connectivity index (χ0) is 9.35. The van der Waals surface area contributed by atoms with Crippen molar-refractivity contribution >= 4 is 0 Å². The first-order valence-corrected chi connectivity index (χ1v) is 4.46. The lowest BCUT2D eigenvalue weighted by Gasteiger charge is -2.35. The van der Waals surface area contributed by atoms with Gasteiger partial charge in [-0.2, -0.15) is 0 Å². The monoisotopic (exact) mass is 166 g/mol. The molecule has 0 unspecified atom stereocenters. The number of rotatable bonds is 1. The Morgan fingerprint density at radius 3 is 2.75 bits per heavy atom. The van der Waals surface area contributed by atoms with E-state index in [1.807, 2.05) is 13.8 Å². The molecule has 2 atom stereocenters. The van der Waals surface area contributed by atoms with Gasteiger partial charge in [-0.15, -0.1) is 0 Å². The quantitative estimate of drug-likeness (QED) is 0.594. The zero-order valence-corrected chi connectivity index (χ0v) is 8.22. The SMILES string of the molecule is C=C(C)[C@]1(C)CC=C(C)[C@@H](O)C1. The highest BCUT2D eigenvalue weighted by atomic mass is 16.3. The van der Waals surface area contributed by atoms with Gasteiger partial charge in [0.1, 0.15) is 0 Å². The highest BCUT2D eigenvalue weighted by Gasteiger charge is 2.31. The van der Waals surface area contributed by atoms with Crippen LogP contribution in [-0.2, 0) is 0 Å². The Morgan fingerprint density at radius 2 is 2.33 bits per heavy atom. The van der Waals surface area contributed by atoms with Gasteiger partial charge in [0.2, 0.25) is 0 Å². The topological polar surface area (TPSA) is 20.2 Å². The molecule has 1 N–H and O–H groups in total. The summed E-state index contributed by atoms with van der Waals surface area (Å²) in [6.45, 7) is 10.2. The molecule has 0 saturated carbocycles. The number of allylic oxidation sites excluding steroid dienone is 2. The van der Waals surface area contributed by atoms with Crippen molar-refractivity contribution in [2.24, 2.45) is 5.41 Å². The minimum Gasteiger partial charge on any atom is -0.389 e. The van der Waals surface area contributed by atoms with E-state index in [1.54, 1.807) is 0 Å². The van der Waals surface area contributed by atoms with Crippen LogP contribution in [0.25, 0.3) is 0 Å². The minimum atomic E-state index is -0.263. The molecule has 0 spiro atoms. The fourth-order valence-electron chi connectivity index (χ4n) is 1.54. The summed E-state index contributed by atoms with van der Waals surface area (Å²) in [5.41, 5.74) is 2.39. The minimum absolute atomic E-state index is 0.110. The highest BCUT2D eigenvalue weighted by Crippen LogP contribution is 2.40. The van der Waals surface area contributed by atoms with Gasteiger partial charge in [0.15, 0.2) is 0 Å². The molecule has 0 fully saturated rings. The van der Waals surface area contributed by atoms with Crippen LogP contribution in [0.5, 0.6) is 0 Å². The maximum Gasteiger partial charge on any atom is 0.0755 e. The standard InChI is InChI=1S/C11H18O/c1-8(2)11(4)6-5-9(3)10(12)7-11/h5,10,12H,1,6-7H2,2-4H3/t10-,11+/m0/s1. The molecule has 0 aromatic carbocycles. The van der Waals surface area contributed by atoms with Crippen LogP contribution in [0, 0.1) is 5.41 Å². The van der Waals surface area contributed by atoms with Crippen molar-refractivity contribution in [3.63, 3.8) is 0 Å². The Balaban J connectivity index is 2.82. The lowest BCUT2D eigenvalue weighted by Crippen LogP contribution is -2.28. The van der Waals surface area contributed by atoms with Crippen molar-refractivity contribution in [3.8, 4) is 0 Å². The van der Waals surface area contributed by atoms with E-state index in [4.69, 9.17) is 0 Å². The molecule has 0 aliphatic heterocycles. The van der Waals surface area contributed by atoms with Crippen LogP contribution in [0.2, 0.25) is 0 Å². The zero-order valence-electron chi connectivity index (χ0n) is 8.22. The highest BCUT2D eigenvalue weighted by molar-refractivity contribution is 5.19. The van der Waals surface area contributed by atoms with E-state index in [2.05, 4.69) is 19.6 Å². The fraction of sp³-hybridized carbons (Fsp3) is 0.636. The summed E-state index contributed by atoms with van der Waals surface area (Å²) < 4.78 is 0. The molecule has 1 aliphatic carbocycles. The maximum absolute atomic E-state index is 9.65. The smallest absolute Gasteiger partial charge is 0.0755 e. The Hall–Kier alpha value is -0.560. The van der Waals surface area contributed by atoms with Gasteiger partial charge in [0, 0.05) is 0 Å². The normalized spacial score (nSPS) is 36.0. The van der Waals surface area contributed by atoms with Crippen LogP contribution < -0.4 is 0 Å². The Morgan fingerprint density at radius 1 is 1.75 bits per heavy atom. The predicted octanol–water partition coefficient (Wildman–Crippen LogP) is 2.67. The van der Waals surface area contributed by atoms with Crippen LogP contribution in [0.1, 0.15) is 33.6 Å². The molecule has 1 heteroatoms. The molecule has 0 bridgehead atoms. The molecule has 1 rings (SSSR count). The van der Waals surface area contributed by atoms with Crippen molar-refractivity contribution in [2.45, 2.75) is 39.7 Å². The second-order valence-corrected chi connectivity index (χ2v) is 4.21. The van der Waals surface area contributed by atoms with E-state index in [0.29, 0.717) is 0 Å². The first kappa shape index (κ1) is 9.53. The van der Waals surface area contributed by atoms with E-state index in [-0.39, 0.29) is 11.5 Å². The van der Waals surface area contributed by atoms with E-state index in [9.17, 15) is 5.11 Å². The summed E-state index contributed by atoms with van der Waals surface area (Å²) in [6, 6.07) is 0. The number of aliphatic hydroxyl groups excluding tert-OH is 1. The molecular formula is C11H18O. The number of hydrogen-bond acceptors (Lipinski definition) is 1. The molecule has 0 amide bonds. The Labute approximate surface area is 74.8 Å². The molecule has 0 aromatic heterocycles.